The standard InChI is InChI=1S/C18H23N3O2/c22-18(9-8-16-11-19-20-12-16)21-10-4-7-17(13-21)23-14-15-5-2-1-3-6-15/h1-3,5-6,11-12,17H,4,7-10,13-14H2,(H,19,20)/t17-/m1/s1. The van der Waals surface area contributed by atoms with Gasteiger partial charge in [0.1, 0.15) is 0 Å². The van der Waals surface area contributed by atoms with Crippen LogP contribution in [-0.4, -0.2) is 40.2 Å². The Hall–Kier alpha value is -2.14. The zero-order valence-electron chi connectivity index (χ0n) is 13.3. The molecule has 1 aliphatic heterocycles. The van der Waals surface area contributed by atoms with Crippen LogP contribution in [0.2, 0.25) is 0 Å². The molecule has 122 valence electrons. The van der Waals surface area contributed by atoms with Gasteiger partial charge in [0, 0.05) is 25.7 Å². The van der Waals surface area contributed by atoms with Crippen molar-refractivity contribution in [2.45, 2.75) is 38.4 Å². The minimum absolute atomic E-state index is 0.141. The molecule has 5 heteroatoms. The first-order valence-corrected chi connectivity index (χ1v) is 8.22. The van der Waals surface area contributed by atoms with Gasteiger partial charge in [-0.2, -0.15) is 5.10 Å². The Morgan fingerprint density at radius 1 is 1.30 bits per heavy atom. The highest BCUT2D eigenvalue weighted by atomic mass is 16.5. The van der Waals surface area contributed by atoms with Crippen LogP contribution in [0.25, 0.3) is 0 Å². The topological polar surface area (TPSA) is 58.2 Å². The average Bonchev–Trinajstić information content (AvgIpc) is 3.12. The van der Waals surface area contributed by atoms with Crippen molar-refractivity contribution in [1.82, 2.24) is 15.1 Å². The molecule has 5 nitrogen and oxygen atoms in total. The lowest BCUT2D eigenvalue weighted by Crippen LogP contribution is -2.43. The monoisotopic (exact) mass is 313 g/mol. The van der Waals surface area contributed by atoms with E-state index in [0.717, 1.165) is 31.4 Å². The Morgan fingerprint density at radius 2 is 2.17 bits per heavy atom. The highest BCUT2D eigenvalue weighted by Crippen LogP contribution is 2.16. The van der Waals surface area contributed by atoms with Crippen molar-refractivity contribution in [3.05, 3.63) is 53.9 Å². The van der Waals surface area contributed by atoms with Crippen molar-refractivity contribution in [3.8, 4) is 0 Å². The summed E-state index contributed by atoms with van der Waals surface area (Å²) in [5.74, 6) is 0.208. The Bertz CT molecular complexity index is 598. The van der Waals surface area contributed by atoms with Gasteiger partial charge in [0.15, 0.2) is 0 Å². The van der Waals surface area contributed by atoms with Crippen LogP contribution < -0.4 is 0 Å². The lowest BCUT2D eigenvalue weighted by atomic mass is 10.1. The zero-order valence-corrected chi connectivity index (χ0v) is 13.3. The van der Waals surface area contributed by atoms with Crippen LogP contribution in [0.3, 0.4) is 0 Å². The largest absolute Gasteiger partial charge is 0.372 e. The number of hydrogen-bond donors (Lipinski definition) is 1. The number of nitrogens with one attached hydrogen (secondary N) is 1. The van der Waals surface area contributed by atoms with Gasteiger partial charge >= 0.3 is 0 Å². The van der Waals surface area contributed by atoms with Crippen LogP contribution in [0.1, 0.15) is 30.4 Å². The minimum atomic E-state index is 0.141. The van der Waals surface area contributed by atoms with Crippen molar-refractivity contribution in [1.29, 1.82) is 0 Å². The van der Waals surface area contributed by atoms with Crippen molar-refractivity contribution in [2.75, 3.05) is 13.1 Å². The van der Waals surface area contributed by atoms with Crippen LogP contribution in [0.5, 0.6) is 0 Å². The van der Waals surface area contributed by atoms with E-state index in [1.54, 1.807) is 6.20 Å². The molecule has 0 unspecified atom stereocenters. The van der Waals surface area contributed by atoms with E-state index in [2.05, 4.69) is 22.3 Å². The predicted octanol–water partition coefficient (Wildman–Crippen LogP) is 2.55. The summed E-state index contributed by atoms with van der Waals surface area (Å²) in [5, 5.41) is 6.69. The number of aryl methyl sites for hydroxylation is 1. The molecule has 1 amide bonds. The van der Waals surface area contributed by atoms with Crippen LogP contribution in [0.15, 0.2) is 42.7 Å². The summed E-state index contributed by atoms with van der Waals surface area (Å²) < 4.78 is 5.99. The van der Waals surface area contributed by atoms with Gasteiger partial charge in [0.2, 0.25) is 5.91 Å². The predicted molar refractivity (Wildman–Crippen MR) is 87.7 cm³/mol. The highest BCUT2D eigenvalue weighted by Gasteiger charge is 2.23. The molecule has 1 fully saturated rings. The van der Waals surface area contributed by atoms with E-state index in [4.69, 9.17) is 4.74 Å². The number of aromatic nitrogens is 2. The van der Waals surface area contributed by atoms with E-state index in [-0.39, 0.29) is 12.0 Å². The second-order valence-electron chi connectivity index (χ2n) is 6.01. The third-order valence-electron chi connectivity index (χ3n) is 4.24. The molecule has 0 saturated carbocycles. The quantitative estimate of drug-likeness (QED) is 0.891. The van der Waals surface area contributed by atoms with Gasteiger partial charge in [-0.15, -0.1) is 0 Å². The third-order valence-corrected chi connectivity index (χ3v) is 4.24. The molecule has 1 aromatic carbocycles. The van der Waals surface area contributed by atoms with Gasteiger partial charge in [-0.3, -0.25) is 9.89 Å². The molecule has 0 spiro atoms. The van der Waals surface area contributed by atoms with Gasteiger partial charge < -0.3 is 9.64 Å². The van der Waals surface area contributed by atoms with E-state index in [0.29, 0.717) is 19.6 Å². The average molecular weight is 313 g/mol. The number of carbonyl (C=O) groups excluding carboxylic acids is 1. The second-order valence-corrected chi connectivity index (χ2v) is 6.01. The Kier molecular flexibility index (Phi) is 5.42. The summed E-state index contributed by atoms with van der Waals surface area (Å²) in [6, 6.07) is 10.2. The maximum atomic E-state index is 12.4. The van der Waals surface area contributed by atoms with Crippen LogP contribution >= 0.6 is 0 Å². The van der Waals surface area contributed by atoms with Crippen molar-refractivity contribution in [2.24, 2.45) is 0 Å². The van der Waals surface area contributed by atoms with Gasteiger partial charge in [-0.25, -0.2) is 0 Å². The summed E-state index contributed by atoms with van der Waals surface area (Å²) >= 11 is 0. The van der Waals surface area contributed by atoms with Crippen LogP contribution in [0.4, 0.5) is 0 Å². The molecule has 1 saturated heterocycles. The molecular formula is C18H23N3O2. The fraction of sp³-hybridized carbons (Fsp3) is 0.444. The maximum Gasteiger partial charge on any atom is 0.222 e. The molecule has 0 aliphatic carbocycles. The maximum absolute atomic E-state index is 12.4. The normalized spacial score (nSPS) is 18.1. The van der Waals surface area contributed by atoms with Crippen LogP contribution in [0, 0.1) is 0 Å². The number of piperidine rings is 1. The molecule has 0 radical (unpaired) electrons. The third kappa shape index (κ3) is 4.66. The first-order chi connectivity index (χ1) is 11.3. The molecule has 1 N–H and O–H groups in total. The van der Waals surface area contributed by atoms with E-state index < -0.39 is 0 Å². The van der Waals surface area contributed by atoms with Crippen molar-refractivity contribution in [3.63, 3.8) is 0 Å². The van der Waals surface area contributed by atoms with E-state index >= 15 is 0 Å². The summed E-state index contributed by atoms with van der Waals surface area (Å²) in [4.78, 5) is 14.3. The minimum Gasteiger partial charge on any atom is -0.372 e. The number of aromatic amines is 1. The van der Waals surface area contributed by atoms with E-state index in [9.17, 15) is 4.79 Å². The lowest BCUT2D eigenvalue weighted by Gasteiger charge is -2.32. The fourth-order valence-corrected chi connectivity index (χ4v) is 2.91. The van der Waals surface area contributed by atoms with E-state index in [1.165, 1.54) is 5.56 Å². The van der Waals surface area contributed by atoms with Gasteiger partial charge in [-0.1, -0.05) is 30.3 Å². The summed E-state index contributed by atoms with van der Waals surface area (Å²) in [6.07, 6.45) is 7.06. The number of H-pyrrole nitrogens is 1. The number of amides is 1. The molecule has 3 rings (SSSR count). The number of hydrogen-bond acceptors (Lipinski definition) is 3. The Balaban J connectivity index is 1.44. The first kappa shape index (κ1) is 15.7. The second kappa shape index (κ2) is 7.92. The fourth-order valence-electron chi connectivity index (χ4n) is 2.91. The number of rotatable bonds is 6. The number of likely N-dealkylation sites (tertiary alicyclic amines) is 1. The number of ether oxygens (including phenoxy) is 1. The number of benzene rings is 1. The van der Waals surface area contributed by atoms with Crippen molar-refractivity contribution < 1.29 is 9.53 Å². The molecule has 0 bridgehead atoms. The molecule has 2 aromatic rings. The molecule has 2 heterocycles. The highest BCUT2D eigenvalue weighted by molar-refractivity contribution is 5.76. The van der Waals surface area contributed by atoms with Gasteiger partial charge in [-0.05, 0) is 30.4 Å². The van der Waals surface area contributed by atoms with Crippen LogP contribution in [-0.2, 0) is 22.6 Å². The lowest BCUT2D eigenvalue weighted by molar-refractivity contribution is -0.135. The SMILES string of the molecule is O=C(CCc1cn[nH]c1)N1CCC[C@@H](OCc2ccccc2)C1. The summed E-state index contributed by atoms with van der Waals surface area (Å²) in [7, 11) is 0. The number of carbonyl (C=O) groups is 1. The molecular weight excluding hydrogens is 290 g/mol. The molecule has 1 atom stereocenters. The summed E-state index contributed by atoms with van der Waals surface area (Å²) in [5.41, 5.74) is 2.25. The molecule has 23 heavy (non-hydrogen) atoms. The number of nitrogens with zero attached hydrogens (tertiary/aromatic N) is 2. The summed E-state index contributed by atoms with van der Waals surface area (Å²) in [6.45, 7) is 2.16. The van der Waals surface area contributed by atoms with Crippen molar-refractivity contribution >= 4 is 5.91 Å². The Morgan fingerprint density at radius 3 is 2.96 bits per heavy atom. The zero-order chi connectivity index (χ0) is 15.9. The smallest absolute Gasteiger partial charge is 0.222 e. The first-order valence-electron chi connectivity index (χ1n) is 8.22. The van der Waals surface area contributed by atoms with Gasteiger partial charge in [0.05, 0.1) is 18.9 Å². The Labute approximate surface area is 136 Å². The van der Waals surface area contributed by atoms with Gasteiger partial charge in [0.25, 0.3) is 0 Å². The van der Waals surface area contributed by atoms with E-state index in [1.807, 2.05) is 29.3 Å². The molecule has 1 aliphatic rings. The molecule has 1 aromatic heterocycles.